The molecule has 0 spiro atoms. The van der Waals surface area contributed by atoms with Gasteiger partial charge in [0.15, 0.2) is 0 Å². The Balaban J connectivity index is 1.95. The van der Waals surface area contributed by atoms with Gasteiger partial charge < -0.3 is 10.2 Å². The lowest BCUT2D eigenvalue weighted by Crippen LogP contribution is -2.47. The molecule has 6 heteroatoms. The van der Waals surface area contributed by atoms with E-state index in [0.29, 0.717) is 5.02 Å². The second-order valence-corrected chi connectivity index (χ2v) is 8.59. The van der Waals surface area contributed by atoms with Crippen LogP contribution in [0.3, 0.4) is 0 Å². The molecule has 0 unspecified atom stereocenters. The van der Waals surface area contributed by atoms with Crippen LogP contribution >= 0.6 is 23.2 Å². The van der Waals surface area contributed by atoms with Crippen molar-refractivity contribution < 1.29 is 9.59 Å². The molecule has 1 N–H and O–H groups in total. The molecular weight excluding hydrogens is 419 g/mol. The van der Waals surface area contributed by atoms with Crippen molar-refractivity contribution in [3.8, 4) is 0 Å². The molecule has 1 fully saturated rings. The average Bonchev–Trinajstić information content (AvgIpc) is 2.76. The van der Waals surface area contributed by atoms with E-state index in [1.54, 1.807) is 17.0 Å². The summed E-state index contributed by atoms with van der Waals surface area (Å²) in [7, 11) is 0. The fourth-order valence-corrected chi connectivity index (χ4v) is 4.34. The fourth-order valence-electron chi connectivity index (χ4n) is 4.06. The van der Waals surface area contributed by atoms with Crippen molar-refractivity contribution in [2.24, 2.45) is 0 Å². The fraction of sp³-hybridized carbons (Fsp3) is 0.417. The van der Waals surface area contributed by atoms with Crippen LogP contribution in [0.1, 0.15) is 54.8 Å². The predicted octanol–water partition coefficient (Wildman–Crippen LogP) is 5.41. The average molecular weight is 447 g/mol. The largest absolute Gasteiger partial charge is 0.351 e. The molecule has 3 rings (SSSR count). The number of nitrogens with zero attached hydrogens (tertiary/aromatic N) is 1. The molecule has 0 aromatic heterocycles. The number of rotatable bonds is 7. The molecule has 0 saturated heterocycles. The summed E-state index contributed by atoms with van der Waals surface area (Å²) in [5.74, 6) is -0.616. The highest BCUT2D eigenvalue weighted by molar-refractivity contribution is 6.30. The number of carbonyl (C=O) groups is 2. The second-order valence-electron chi connectivity index (χ2n) is 7.88. The van der Waals surface area contributed by atoms with Crippen molar-refractivity contribution in [2.45, 2.75) is 57.7 Å². The van der Waals surface area contributed by atoms with Crippen LogP contribution in [0.4, 0.5) is 0 Å². The van der Waals surface area contributed by atoms with Gasteiger partial charge in [-0.05, 0) is 48.6 Å². The van der Waals surface area contributed by atoms with E-state index in [4.69, 9.17) is 23.2 Å². The smallest absolute Gasteiger partial charge is 0.247 e. The summed E-state index contributed by atoms with van der Waals surface area (Å²) in [6.45, 7) is 2.24. The van der Waals surface area contributed by atoms with Crippen LogP contribution in [0.15, 0.2) is 48.5 Å². The van der Waals surface area contributed by atoms with E-state index in [2.05, 4.69) is 5.32 Å². The maximum Gasteiger partial charge on any atom is 0.247 e. The minimum Gasteiger partial charge on any atom is -0.351 e. The van der Waals surface area contributed by atoms with Gasteiger partial charge in [-0.15, -0.1) is 11.6 Å². The van der Waals surface area contributed by atoms with Gasteiger partial charge in [0.25, 0.3) is 0 Å². The molecule has 2 amide bonds. The van der Waals surface area contributed by atoms with Crippen LogP contribution in [0, 0.1) is 6.92 Å². The third-order valence-electron chi connectivity index (χ3n) is 5.70. The van der Waals surface area contributed by atoms with Gasteiger partial charge in [-0.2, -0.15) is 0 Å². The number of carbonyl (C=O) groups excluding carboxylic acids is 2. The lowest BCUT2D eigenvalue weighted by atomic mass is 9.94. The van der Waals surface area contributed by atoms with Gasteiger partial charge >= 0.3 is 0 Å². The monoisotopic (exact) mass is 446 g/mol. The Morgan fingerprint density at radius 2 is 1.73 bits per heavy atom. The highest BCUT2D eigenvalue weighted by atomic mass is 35.5. The summed E-state index contributed by atoms with van der Waals surface area (Å²) in [6, 6.07) is 14.4. The third kappa shape index (κ3) is 5.77. The van der Waals surface area contributed by atoms with Crippen molar-refractivity contribution in [1.82, 2.24) is 10.2 Å². The number of aryl methyl sites for hydroxylation is 1. The first-order valence-electron chi connectivity index (χ1n) is 10.5. The molecule has 0 radical (unpaired) electrons. The van der Waals surface area contributed by atoms with Gasteiger partial charge in [0.1, 0.15) is 11.9 Å². The van der Waals surface area contributed by atoms with Gasteiger partial charge in [0, 0.05) is 17.6 Å². The summed E-state index contributed by atoms with van der Waals surface area (Å²) in [5.41, 5.74) is 2.67. The van der Waals surface area contributed by atoms with Crippen LogP contribution < -0.4 is 5.32 Å². The first kappa shape index (κ1) is 22.6. The third-order valence-corrected chi connectivity index (χ3v) is 6.18. The van der Waals surface area contributed by atoms with Gasteiger partial charge in [-0.1, -0.05) is 67.3 Å². The van der Waals surface area contributed by atoms with Crippen molar-refractivity contribution in [3.63, 3.8) is 0 Å². The lowest BCUT2D eigenvalue weighted by Gasteiger charge is -2.34. The maximum absolute atomic E-state index is 13.5. The highest BCUT2D eigenvalue weighted by Crippen LogP contribution is 2.28. The summed E-state index contributed by atoms with van der Waals surface area (Å²) in [4.78, 5) is 28.0. The summed E-state index contributed by atoms with van der Waals surface area (Å²) in [6.07, 6.45) is 5.41. The zero-order valence-electron chi connectivity index (χ0n) is 17.2. The molecule has 1 aliphatic carbocycles. The quantitative estimate of drug-likeness (QED) is 0.578. The van der Waals surface area contributed by atoms with Crippen molar-refractivity contribution in [1.29, 1.82) is 0 Å². The topological polar surface area (TPSA) is 49.4 Å². The number of nitrogens with one attached hydrogen (secondary N) is 1. The lowest BCUT2D eigenvalue weighted by molar-refractivity contribution is -0.140. The van der Waals surface area contributed by atoms with Crippen LogP contribution in [0.2, 0.25) is 5.02 Å². The molecule has 0 bridgehead atoms. The standard InChI is InChI=1S/C24H28Cl2N2O2/c1-17-7-5-6-10-21(17)23(24(30)27-20-8-3-2-4-9-20)28(22(29)15-25)16-18-11-13-19(26)14-12-18/h5-7,10-14,20,23H,2-4,8-9,15-16H2,1H3,(H,27,30)/t23-/m0/s1. The van der Waals surface area contributed by atoms with E-state index in [1.807, 2.05) is 43.3 Å². The molecule has 1 saturated carbocycles. The molecule has 0 heterocycles. The Morgan fingerprint density at radius 1 is 1.07 bits per heavy atom. The van der Waals surface area contributed by atoms with E-state index >= 15 is 0 Å². The number of hydrogen-bond donors (Lipinski definition) is 1. The van der Waals surface area contributed by atoms with Gasteiger partial charge in [-0.25, -0.2) is 0 Å². The zero-order valence-corrected chi connectivity index (χ0v) is 18.8. The highest BCUT2D eigenvalue weighted by Gasteiger charge is 2.33. The van der Waals surface area contributed by atoms with E-state index in [0.717, 1.165) is 42.4 Å². The molecule has 1 atom stereocenters. The van der Waals surface area contributed by atoms with Crippen molar-refractivity contribution >= 4 is 35.0 Å². The normalized spacial score (nSPS) is 15.4. The minimum absolute atomic E-state index is 0.149. The van der Waals surface area contributed by atoms with Gasteiger partial charge in [-0.3, -0.25) is 9.59 Å². The second kappa shape index (κ2) is 10.8. The summed E-state index contributed by atoms with van der Waals surface area (Å²) < 4.78 is 0. The Kier molecular flexibility index (Phi) is 8.17. The zero-order chi connectivity index (χ0) is 21.5. The molecule has 160 valence electrons. The van der Waals surface area contributed by atoms with Crippen molar-refractivity contribution in [2.75, 3.05) is 5.88 Å². The van der Waals surface area contributed by atoms with Crippen LogP contribution in [-0.4, -0.2) is 28.6 Å². The van der Waals surface area contributed by atoms with E-state index in [-0.39, 0.29) is 30.3 Å². The number of hydrogen-bond acceptors (Lipinski definition) is 2. The van der Waals surface area contributed by atoms with E-state index in [1.165, 1.54) is 6.42 Å². The van der Waals surface area contributed by atoms with Crippen LogP contribution in [-0.2, 0) is 16.1 Å². The van der Waals surface area contributed by atoms with Gasteiger partial charge in [0.05, 0.1) is 0 Å². The first-order valence-corrected chi connectivity index (χ1v) is 11.4. The van der Waals surface area contributed by atoms with Crippen LogP contribution in [0.25, 0.3) is 0 Å². The Hall–Kier alpha value is -2.04. The Bertz CT molecular complexity index is 864. The SMILES string of the molecule is Cc1ccccc1[C@@H](C(=O)NC1CCCCC1)N(Cc1ccc(Cl)cc1)C(=O)CCl. The summed E-state index contributed by atoms with van der Waals surface area (Å²) in [5, 5.41) is 3.83. The van der Waals surface area contributed by atoms with E-state index < -0.39 is 6.04 Å². The molecule has 30 heavy (non-hydrogen) atoms. The molecule has 1 aliphatic rings. The van der Waals surface area contributed by atoms with Gasteiger partial charge in [0.2, 0.25) is 11.8 Å². The molecule has 4 nitrogen and oxygen atoms in total. The predicted molar refractivity (Wildman–Crippen MR) is 122 cm³/mol. The Morgan fingerprint density at radius 3 is 2.37 bits per heavy atom. The summed E-state index contributed by atoms with van der Waals surface area (Å²) >= 11 is 12.0. The van der Waals surface area contributed by atoms with Crippen LogP contribution in [0.5, 0.6) is 0 Å². The first-order chi connectivity index (χ1) is 14.5. The molecule has 0 aliphatic heterocycles. The minimum atomic E-state index is -0.741. The number of alkyl halides is 1. The van der Waals surface area contributed by atoms with E-state index in [9.17, 15) is 9.59 Å². The molecular formula is C24H28Cl2N2O2. The Labute approximate surface area is 188 Å². The number of benzene rings is 2. The number of halogens is 2. The maximum atomic E-state index is 13.5. The van der Waals surface area contributed by atoms with Crippen molar-refractivity contribution in [3.05, 3.63) is 70.2 Å². The molecule has 2 aromatic rings. The number of amides is 2. The molecule has 2 aromatic carbocycles.